The topological polar surface area (TPSA) is 66.5 Å². The summed E-state index contributed by atoms with van der Waals surface area (Å²) in [5, 5.41) is 21.1. The first-order chi connectivity index (χ1) is 7.95. The number of hydrogen-bond acceptors (Lipinski definition) is 3. The van der Waals surface area contributed by atoms with Crippen LogP contribution in [-0.2, 0) is 5.41 Å². The zero-order valence-electron chi connectivity index (χ0n) is 10.1. The highest BCUT2D eigenvalue weighted by molar-refractivity contribution is 5.93. The quantitative estimate of drug-likeness (QED) is 0.744. The highest BCUT2D eigenvalue weighted by Gasteiger charge is 2.22. The van der Waals surface area contributed by atoms with Crippen LogP contribution in [0.1, 0.15) is 19.4 Å². The fourth-order valence-corrected chi connectivity index (χ4v) is 2.06. The van der Waals surface area contributed by atoms with E-state index in [9.17, 15) is 10.2 Å². The molecule has 0 amide bonds. The molecule has 0 fully saturated rings. The fraction of sp³-hybridized carbons (Fsp3) is 0.286. The fourth-order valence-electron chi connectivity index (χ4n) is 2.06. The molecule has 0 unspecified atom stereocenters. The van der Waals surface area contributed by atoms with Crippen LogP contribution in [-0.4, -0.2) is 16.8 Å². The number of nitrogens with two attached hydrogens (primary N) is 1. The smallest absolute Gasteiger partial charge is 0.127 e. The molecule has 90 valence electrons. The van der Waals surface area contributed by atoms with Crippen molar-refractivity contribution >= 4 is 10.8 Å². The van der Waals surface area contributed by atoms with Crippen LogP contribution in [0.15, 0.2) is 30.3 Å². The predicted molar refractivity (Wildman–Crippen MR) is 69.4 cm³/mol. The van der Waals surface area contributed by atoms with Gasteiger partial charge in [0, 0.05) is 23.4 Å². The van der Waals surface area contributed by atoms with Crippen molar-refractivity contribution in [2.75, 3.05) is 6.54 Å². The third kappa shape index (κ3) is 1.94. The molecule has 0 spiro atoms. The Labute approximate surface area is 101 Å². The molecule has 0 atom stereocenters. The highest BCUT2D eigenvalue weighted by Crippen LogP contribution is 2.37. The first-order valence-electron chi connectivity index (χ1n) is 5.61. The predicted octanol–water partition coefficient (Wildman–Crippen LogP) is 2.49. The molecule has 2 rings (SSSR count). The second-order valence-corrected chi connectivity index (χ2v) is 4.96. The lowest BCUT2D eigenvalue weighted by Gasteiger charge is -2.25. The Kier molecular flexibility index (Phi) is 2.71. The van der Waals surface area contributed by atoms with Gasteiger partial charge in [0.25, 0.3) is 0 Å². The average molecular weight is 231 g/mol. The zero-order valence-corrected chi connectivity index (χ0v) is 10.1. The summed E-state index contributed by atoms with van der Waals surface area (Å²) in [5.41, 5.74) is 6.56. The van der Waals surface area contributed by atoms with Gasteiger partial charge in [-0.2, -0.15) is 0 Å². The van der Waals surface area contributed by atoms with Gasteiger partial charge in [-0.05, 0) is 17.0 Å². The van der Waals surface area contributed by atoms with Crippen molar-refractivity contribution < 1.29 is 10.2 Å². The average Bonchev–Trinajstić information content (AvgIpc) is 2.27. The van der Waals surface area contributed by atoms with Crippen molar-refractivity contribution in [1.29, 1.82) is 0 Å². The first kappa shape index (κ1) is 11.7. The normalized spacial score (nSPS) is 11.9. The number of phenolic OH excluding ortho intramolecular Hbond substituents is 2. The Morgan fingerprint density at radius 1 is 1.18 bits per heavy atom. The second-order valence-electron chi connectivity index (χ2n) is 4.96. The van der Waals surface area contributed by atoms with Gasteiger partial charge in [-0.25, -0.2) is 0 Å². The van der Waals surface area contributed by atoms with Crippen LogP contribution in [0, 0.1) is 0 Å². The zero-order chi connectivity index (χ0) is 12.6. The third-order valence-corrected chi connectivity index (χ3v) is 3.18. The van der Waals surface area contributed by atoms with Crippen LogP contribution in [0.4, 0.5) is 0 Å². The monoisotopic (exact) mass is 231 g/mol. The molecule has 3 heteroatoms. The van der Waals surface area contributed by atoms with Crippen molar-refractivity contribution in [1.82, 2.24) is 0 Å². The molecule has 2 aromatic carbocycles. The van der Waals surface area contributed by atoms with Crippen molar-refractivity contribution in [3.8, 4) is 11.5 Å². The van der Waals surface area contributed by atoms with Crippen LogP contribution in [0.5, 0.6) is 11.5 Å². The van der Waals surface area contributed by atoms with E-state index >= 15 is 0 Å². The van der Waals surface area contributed by atoms with E-state index in [0.29, 0.717) is 6.54 Å². The molecule has 0 aliphatic rings. The molecule has 0 saturated carbocycles. The van der Waals surface area contributed by atoms with Crippen LogP contribution in [0.3, 0.4) is 0 Å². The number of aromatic hydroxyl groups is 2. The Balaban J connectivity index is 2.82. The van der Waals surface area contributed by atoms with Crippen LogP contribution in [0.2, 0.25) is 0 Å². The van der Waals surface area contributed by atoms with Crippen LogP contribution < -0.4 is 5.73 Å². The Hall–Kier alpha value is -1.74. The van der Waals surface area contributed by atoms with E-state index in [1.807, 2.05) is 32.0 Å². The van der Waals surface area contributed by atoms with Crippen molar-refractivity contribution in [2.24, 2.45) is 5.73 Å². The summed E-state index contributed by atoms with van der Waals surface area (Å²) in [4.78, 5) is 0. The van der Waals surface area contributed by atoms with Gasteiger partial charge in [0.15, 0.2) is 0 Å². The van der Waals surface area contributed by atoms with Gasteiger partial charge < -0.3 is 15.9 Å². The number of benzene rings is 2. The summed E-state index contributed by atoms with van der Waals surface area (Å²) >= 11 is 0. The first-order valence-corrected chi connectivity index (χ1v) is 5.61. The summed E-state index contributed by atoms with van der Waals surface area (Å²) in [6.07, 6.45) is 0. The van der Waals surface area contributed by atoms with Crippen molar-refractivity contribution in [2.45, 2.75) is 19.3 Å². The molecular formula is C14H17NO2. The van der Waals surface area contributed by atoms with E-state index in [1.54, 1.807) is 6.07 Å². The largest absolute Gasteiger partial charge is 0.508 e. The number of fused-ring (bicyclic) bond motifs is 1. The van der Waals surface area contributed by atoms with Crippen molar-refractivity contribution in [3.63, 3.8) is 0 Å². The van der Waals surface area contributed by atoms with Crippen molar-refractivity contribution in [3.05, 3.63) is 35.9 Å². The Morgan fingerprint density at radius 2 is 1.88 bits per heavy atom. The molecular weight excluding hydrogens is 214 g/mol. The Morgan fingerprint density at radius 3 is 2.53 bits per heavy atom. The lowest BCUT2D eigenvalue weighted by atomic mass is 9.81. The van der Waals surface area contributed by atoms with E-state index in [4.69, 9.17) is 5.73 Å². The van der Waals surface area contributed by atoms with Crippen LogP contribution in [0.25, 0.3) is 10.8 Å². The molecule has 2 aromatic rings. The second kappa shape index (κ2) is 3.93. The maximum absolute atomic E-state index is 9.99. The standard InChI is InChI=1S/C14H17NO2/c1-14(2,8-15)11-5-3-4-9-6-10(16)7-12(17)13(9)11/h3-7,16-17H,8,15H2,1-2H3. The van der Waals surface area contributed by atoms with Gasteiger partial charge in [-0.3, -0.25) is 0 Å². The highest BCUT2D eigenvalue weighted by atomic mass is 16.3. The summed E-state index contributed by atoms with van der Waals surface area (Å²) in [7, 11) is 0. The van der Waals surface area contributed by atoms with Gasteiger partial charge in [-0.1, -0.05) is 32.0 Å². The molecule has 0 aliphatic carbocycles. The maximum Gasteiger partial charge on any atom is 0.127 e. The maximum atomic E-state index is 9.99. The summed E-state index contributed by atoms with van der Waals surface area (Å²) < 4.78 is 0. The molecule has 4 N–H and O–H groups in total. The van der Waals surface area contributed by atoms with Gasteiger partial charge in [0.2, 0.25) is 0 Å². The molecule has 0 heterocycles. The van der Waals surface area contributed by atoms with E-state index in [0.717, 1.165) is 16.3 Å². The third-order valence-electron chi connectivity index (χ3n) is 3.18. The molecule has 3 nitrogen and oxygen atoms in total. The lowest BCUT2D eigenvalue weighted by Crippen LogP contribution is -2.28. The summed E-state index contributed by atoms with van der Waals surface area (Å²) in [5.74, 6) is 0.162. The van der Waals surface area contributed by atoms with Gasteiger partial charge in [0.1, 0.15) is 11.5 Å². The minimum Gasteiger partial charge on any atom is -0.508 e. The SMILES string of the molecule is CC(C)(CN)c1cccc2cc(O)cc(O)c12. The molecule has 0 bridgehead atoms. The summed E-state index contributed by atoms with van der Waals surface area (Å²) in [6, 6.07) is 8.74. The van der Waals surface area contributed by atoms with Gasteiger partial charge in [0.05, 0.1) is 0 Å². The minimum absolute atomic E-state index is 0.0673. The van der Waals surface area contributed by atoms with E-state index < -0.39 is 0 Å². The van der Waals surface area contributed by atoms with E-state index in [1.165, 1.54) is 6.07 Å². The molecule has 0 aliphatic heterocycles. The van der Waals surface area contributed by atoms with Gasteiger partial charge in [-0.15, -0.1) is 0 Å². The molecule has 0 saturated heterocycles. The lowest BCUT2D eigenvalue weighted by molar-refractivity contribution is 0.453. The van der Waals surface area contributed by atoms with E-state index in [-0.39, 0.29) is 16.9 Å². The van der Waals surface area contributed by atoms with Crippen LogP contribution >= 0.6 is 0 Å². The van der Waals surface area contributed by atoms with Gasteiger partial charge >= 0.3 is 0 Å². The van der Waals surface area contributed by atoms with E-state index in [2.05, 4.69) is 0 Å². The number of hydrogen-bond donors (Lipinski definition) is 3. The molecule has 0 aromatic heterocycles. The number of phenols is 2. The molecule has 0 radical (unpaired) electrons. The molecule has 17 heavy (non-hydrogen) atoms. The Bertz CT molecular complexity index is 561. The summed E-state index contributed by atoms with van der Waals surface area (Å²) in [6.45, 7) is 4.56. The number of rotatable bonds is 2. The minimum atomic E-state index is -0.214.